The van der Waals surface area contributed by atoms with E-state index in [0.717, 1.165) is 31.0 Å². The zero-order chi connectivity index (χ0) is 12.1. The van der Waals surface area contributed by atoms with Crippen LogP contribution in [0.2, 0.25) is 0 Å². The summed E-state index contributed by atoms with van der Waals surface area (Å²) in [6, 6.07) is 0. The Kier molecular flexibility index (Phi) is 4.49. The van der Waals surface area contributed by atoms with E-state index in [1.54, 1.807) is 7.11 Å². The van der Waals surface area contributed by atoms with Gasteiger partial charge in [0.05, 0.1) is 0 Å². The van der Waals surface area contributed by atoms with Crippen LogP contribution in [-0.4, -0.2) is 37.3 Å². The van der Waals surface area contributed by atoms with Crippen molar-refractivity contribution in [1.29, 1.82) is 0 Å². The molecule has 5 heteroatoms. The van der Waals surface area contributed by atoms with Crippen molar-refractivity contribution < 1.29 is 4.74 Å². The molecule has 0 spiro atoms. The lowest BCUT2D eigenvalue weighted by molar-refractivity contribution is 0.196. The molecular weight excluding hydrogens is 204 g/mol. The lowest BCUT2D eigenvalue weighted by Gasteiger charge is -2.20. The molecular formula is C11H20N4O. The van der Waals surface area contributed by atoms with Crippen LogP contribution in [0.1, 0.15) is 17.8 Å². The van der Waals surface area contributed by atoms with Gasteiger partial charge in [-0.05, 0) is 20.3 Å². The fourth-order valence-corrected chi connectivity index (χ4v) is 1.56. The maximum Gasteiger partial charge on any atom is 0.137 e. The summed E-state index contributed by atoms with van der Waals surface area (Å²) in [5.74, 6) is 2.17. The van der Waals surface area contributed by atoms with Gasteiger partial charge in [-0.3, -0.25) is 0 Å². The van der Waals surface area contributed by atoms with Crippen LogP contribution in [0.25, 0.3) is 0 Å². The summed E-state index contributed by atoms with van der Waals surface area (Å²) in [5, 5.41) is 0. The van der Waals surface area contributed by atoms with Gasteiger partial charge in [-0.1, -0.05) is 0 Å². The lowest BCUT2D eigenvalue weighted by Crippen LogP contribution is -2.23. The average Bonchev–Trinajstić information content (AvgIpc) is 2.23. The van der Waals surface area contributed by atoms with Gasteiger partial charge in [0.25, 0.3) is 0 Å². The Bertz CT molecular complexity index is 354. The zero-order valence-corrected chi connectivity index (χ0v) is 10.4. The first kappa shape index (κ1) is 12.7. The second-order valence-corrected chi connectivity index (χ2v) is 3.87. The van der Waals surface area contributed by atoms with Crippen molar-refractivity contribution in [2.24, 2.45) is 0 Å². The molecule has 0 aromatic carbocycles. The summed E-state index contributed by atoms with van der Waals surface area (Å²) >= 11 is 0. The number of hydrogen-bond donors (Lipinski definition) is 1. The highest BCUT2D eigenvalue weighted by molar-refractivity contribution is 5.55. The van der Waals surface area contributed by atoms with Gasteiger partial charge in [-0.2, -0.15) is 0 Å². The molecule has 0 aliphatic carbocycles. The first-order valence-electron chi connectivity index (χ1n) is 5.37. The van der Waals surface area contributed by atoms with Crippen LogP contribution < -0.4 is 10.6 Å². The van der Waals surface area contributed by atoms with E-state index in [-0.39, 0.29) is 0 Å². The average molecular weight is 224 g/mol. The summed E-state index contributed by atoms with van der Waals surface area (Å²) in [6.07, 6.45) is 0.968. The van der Waals surface area contributed by atoms with Crippen molar-refractivity contribution in [1.82, 2.24) is 9.97 Å². The van der Waals surface area contributed by atoms with Gasteiger partial charge >= 0.3 is 0 Å². The lowest BCUT2D eigenvalue weighted by atomic mass is 10.3. The maximum absolute atomic E-state index is 5.81. The Balaban J connectivity index is 2.78. The Labute approximate surface area is 96.6 Å². The van der Waals surface area contributed by atoms with Crippen LogP contribution in [0.3, 0.4) is 0 Å². The molecule has 5 nitrogen and oxygen atoms in total. The van der Waals surface area contributed by atoms with Gasteiger partial charge in [-0.25, -0.2) is 9.97 Å². The largest absolute Gasteiger partial charge is 0.385 e. The topological polar surface area (TPSA) is 64.3 Å². The van der Waals surface area contributed by atoms with Gasteiger partial charge in [0.15, 0.2) is 0 Å². The van der Waals surface area contributed by atoms with Crippen LogP contribution >= 0.6 is 0 Å². The number of nitrogen functional groups attached to an aromatic ring is 1. The molecule has 0 atom stereocenters. The summed E-state index contributed by atoms with van der Waals surface area (Å²) in [5.41, 5.74) is 6.75. The van der Waals surface area contributed by atoms with Crippen molar-refractivity contribution in [3.05, 3.63) is 11.4 Å². The fourth-order valence-electron chi connectivity index (χ4n) is 1.56. The number of nitrogens with zero attached hydrogens (tertiary/aromatic N) is 3. The van der Waals surface area contributed by atoms with Gasteiger partial charge in [0.1, 0.15) is 17.5 Å². The fraction of sp³-hybridized carbons (Fsp3) is 0.636. The Morgan fingerprint density at radius 2 is 2.00 bits per heavy atom. The summed E-state index contributed by atoms with van der Waals surface area (Å²) in [4.78, 5) is 10.6. The van der Waals surface area contributed by atoms with Crippen molar-refractivity contribution >= 4 is 11.6 Å². The number of hydrogen-bond acceptors (Lipinski definition) is 5. The number of methoxy groups -OCH3 is 1. The van der Waals surface area contributed by atoms with E-state index in [4.69, 9.17) is 10.5 Å². The van der Waals surface area contributed by atoms with Crippen LogP contribution in [-0.2, 0) is 4.74 Å². The SMILES string of the molecule is COCCCN(C)c1nc(C)nc(N)c1C. The highest BCUT2D eigenvalue weighted by Gasteiger charge is 2.10. The summed E-state index contributed by atoms with van der Waals surface area (Å²) in [7, 11) is 3.71. The highest BCUT2D eigenvalue weighted by atomic mass is 16.5. The minimum absolute atomic E-state index is 0.557. The monoisotopic (exact) mass is 224 g/mol. The number of nitrogens with two attached hydrogens (primary N) is 1. The third-order valence-corrected chi connectivity index (χ3v) is 2.47. The maximum atomic E-state index is 5.81. The Morgan fingerprint density at radius 3 is 2.62 bits per heavy atom. The molecule has 0 fully saturated rings. The standard InChI is InChI=1S/C11H20N4O/c1-8-10(12)13-9(2)14-11(8)15(3)6-5-7-16-4/h5-7H2,1-4H3,(H2,12,13,14). The van der Waals surface area contributed by atoms with Gasteiger partial charge in [0.2, 0.25) is 0 Å². The number of rotatable bonds is 5. The van der Waals surface area contributed by atoms with E-state index in [0.29, 0.717) is 11.6 Å². The predicted molar refractivity (Wildman–Crippen MR) is 65.7 cm³/mol. The molecule has 16 heavy (non-hydrogen) atoms. The zero-order valence-electron chi connectivity index (χ0n) is 10.4. The first-order chi connectivity index (χ1) is 7.56. The van der Waals surface area contributed by atoms with E-state index < -0.39 is 0 Å². The molecule has 1 aromatic heterocycles. The Morgan fingerprint density at radius 1 is 1.31 bits per heavy atom. The molecule has 0 unspecified atom stereocenters. The molecule has 1 aromatic rings. The number of aryl methyl sites for hydroxylation is 1. The van der Waals surface area contributed by atoms with Crippen molar-refractivity contribution in [2.75, 3.05) is 37.9 Å². The van der Waals surface area contributed by atoms with Crippen LogP contribution in [0.15, 0.2) is 0 Å². The van der Waals surface area contributed by atoms with E-state index in [1.165, 1.54) is 0 Å². The highest BCUT2D eigenvalue weighted by Crippen LogP contribution is 2.20. The Hall–Kier alpha value is -1.36. The van der Waals surface area contributed by atoms with Crippen molar-refractivity contribution in [3.8, 4) is 0 Å². The smallest absolute Gasteiger partial charge is 0.137 e. The van der Waals surface area contributed by atoms with Gasteiger partial charge in [-0.15, -0.1) is 0 Å². The molecule has 0 saturated heterocycles. The van der Waals surface area contributed by atoms with Crippen molar-refractivity contribution in [3.63, 3.8) is 0 Å². The number of aromatic nitrogens is 2. The molecule has 1 rings (SSSR count). The molecule has 0 aliphatic heterocycles. The summed E-state index contributed by atoms with van der Waals surface area (Å²) < 4.78 is 5.02. The number of anilines is 2. The number of ether oxygens (including phenoxy) is 1. The third kappa shape index (κ3) is 3.06. The molecule has 90 valence electrons. The molecule has 0 amide bonds. The quantitative estimate of drug-likeness (QED) is 0.760. The molecule has 2 N–H and O–H groups in total. The van der Waals surface area contributed by atoms with Crippen LogP contribution in [0, 0.1) is 13.8 Å². The molecule has 0 radical (unpaired) electrons. The minimum Gasteiger partial charge on any atom is -0.385 e. The minimum atomic E-state index is 0.557. The van der Waals surface area contributed by atoms with Gasteiger partial charge in [0, 0.05) is 32.9 Å². The van der Waals surface area contributed by atoms with Gasteiger partial charge < -0.3 is 15.4 Å². The summed E-state index contributed by atoms with van der Waals surface area (Å²) in [6.45, 7) is 5.44. The van der Waals surface area contributed by atoms with E-state index in [1.807, 2.05) is 20.9 Å². The van der Waals surface area contributed by atoms with Crippen LogP contribution in [0.4, 0.5) is 11.6 Å². The second kappa shape index (κ2) is 5.65. The molecule has 0 aliphatic rings. The normalized spacial score (nSPS) is 10.5. The van der Waals surface area contributed by atoms with E-state index >= 15 is 0 Å². The third-order valence-electron chi connectivity index (χ3n) is 2.47. The first-order valence-corrected chi connectivity index (χ1v) is 5.37. The van der Waals surface area contributed by atoms with E-state index in [9.17, 15) is 0 Å². The molecule has 0 bridgehead atoms. The second-order valence-electron chi connectivity index (χ2n) is 3.87. The van der Waals surface area contributed by atoms with E-state index in [2.05, 4.69) is 14.9 Å². The molecule has 1 heterocycles. The molecule has 0 saturated carbocycles. The van der Waals surface area contributed by atoms with Crippen LogP contribution in [0.5, 0.6) is 0 Å². The van der Waals surface area contributed by atoms with Crippen molar-refractivity contribution in [2.45, 2.75) is 20.3 Å². The predicted octanol–water partition coefficient (Wildman–Crippen LogP) is 1.15.